The third-order valence-electron chi connectivity index (χ3n) is 3.52. The van der Waals surface area contributed by atoms with Gasteiger partial charge in [0.25, 0.3) is 10.0 Å². The Hall–Kier alpha value is -0.400. The largest absolute Gasteiger partial charge is 0.274 e. The molecule has 1 atom stereocenters. The van der Waals surface area contributed by atoms with Crippen molar-refractivity contribution < 1.29 is 13.2 Å². The normalized spacial score (nSPS) is 19.9. The second-order valence-electron chi connectivity index (χ2n) is 5.21. The van der Waals surface area contributed by atoms with Gasteiger partial charge in [-0.05, 0) is 46.0 Å². The number of benzene rings is 1. The van der Waals surface area contributed by atoms with Crippen molar-refractivity contribution in [1.29, 1.82) is 0 Å². The van der Waals surface area contributed by atoms with Gasteiger partial charge in [0.2, 0.25) is 5.91 Å². The molecule has 0 N–H and O–H groups in total. The summed E-state index contributed by atoms with van der Waals surface area (Å²) in [4.78, 5) is 12.1. The number of hydrogen-bond donors (Lipinski definition) is 0. The molecule has 1 heterocycles. The molecule has 1 fully saturated rings. The highest BCUT2D eigenvalue weighted by Crippen LogP contribution is 2.33. The van der Waals surface area contributed by atoms with Gasteiger partial charge in [-0.25, -0.2) is 12.7 Å². The van der Waals surface area contributed by atoms with E-state index in [1.807, 2.05) is 13.8 Å². The molecular weight excluding hydrogens is 410 g/mol. The third kappa shape index (κ3) is 2.94. The van der Waals surface area contributed by atoms with Gasteiger partial charge >= 0.3 is 0 Å². The summed E-state index contributed by atoms with van der Waals surface area (Å²) < 4.78 is 27.4. The van der Waals surface area contributed by atoms with Crippen molar-refractivity contribution in [2.75, 3.05) is 6.54 Å². The summed E-state index contributed by atoms with van der Waals surface area (Å²) in [5, 5.41) is 0. The Morgan fingerprint density at radius 1 is 1.30 bits per heavy atom. The third-order valence-corrected chi connectivity index (χ3v) is 6.79. The molecule has 1 aliphatic heterocycles. The van der Waals surface area contributed by atoms with Crippen LogP contribution in [0.15, 0.2) is 32.0 Å². The molecular formula is C13H15Br2NO3S. The summed E-state index contributed by atoms with van der Waals surface area (Å²) in [5.41, 5.74) is 0. The lowest BCUT2D eigenvalue weighted by molar-refractivity contribution is -0.123. The van der Waals surface area contributed by atoms with Crippen LogP contribution in [0.5, 0.6) is 0 Å². The molecule has 7 heteroatoms. The van der Waals surface area contributed by atoms with Crippen LogP contribution >= 0.6 is 31.9 Å². The van der Waals surface area contributed by atoms with E-state index in [9.17, 15) is 13.2 Å². The molecule has 0 radical (unpaired) electrons. The molecule has 1 saturated heterocycles. The predicted molar refractivity (Wildman–Crippen MR) is 83.7 cm³/mol. The van der Waals surface area contributed by atoms with E-state index >= 15 is 0 Å². The Labute approximate surface area is 135 Å². The zero-order chi connectivity index (χ0) is 15.1. The van der Waals surface area contributed by atoms with Gasteiger partial charge < -0.3 is 0 Å². The topological polar surface area (TPSA) is 54.5 Å². The second kappa shape index (κ2) is 5.77. The number of carbonyl (C=O) groups excluding carboxylic acids is 1. The van der Waals surface area contributed by atoms with E-state index in [1.54, 1.807) is 12.1 Å². The lowest BCUT2D eigenvalue weighted by Gasteiger charge is -2.19. The van der Waals surface area contributed by atoms with Gasteiger partial charge in [-0.1, -0.05) is 29.8 Å². The molecule has 20 heavy (non-hydrogen) atoms. The fraction of sp³-hybridized carbons (Fsp3) is 0.462. The number of hydrogen-bond acceptors (Lipinski definition) is 3. The number of sulfonamides is 1. The van der Waals surface area contributed by atoms with Crippen molar-refractivity contribution in [2.24, 2.45) is 11.8 Å². The summed E-state index contributed by atoms with van der Waals surface area (Å²) in [5.74, 6) is 0.0453. The van der Waals surface area contributed by atoms with Crippen molar-refractivity contribution in [3.8, 4) is 0 Å². The average Bonchev–Trinajstić information content (AvgIpc) is 2.75. The number of amides is 1. The molecule has 1 aromatic carbocycles. The van der Waals surface area contributed by atoms with Crippen LogP contribution in [0.1, 0.15) is 20.3 Å². The summed E-state index contributed by atoms with van der Waals surface area (Å²) >= 11 is 6.50. The fourth-order valence-corrected chi connectivity index (χ4v) is 5.11. The minimum atomic E-state index is -3.80. The molecule has 1 aliphatic rings. The van der Waals surface area contributed by atoms with Crippen LogP contribution in [0, 0.1) is 11.8 Å². The first-order valence-corrected chi connectivity index (χ1v) is 9.26. The summed E-state index contributed by atoms with van der Waals surface area (Å²) in [6.45, 7) is 4.27. The highest BCUT2D eigenvalue weighted by Gasteiger charge is 2.40. The summed E-state index contributed by atoms with van der Waals surface area (Å²) in [6, 6.07) is 4.90. The molecule has 4 nitrogen and oxygen atoms in total. The van der Waals surface area contributed by atoms with Gasteiger partial charge in [-0.2, -0.15) is 0 Å². The quantitative estimate of drug-likeness (QED) is 0.746. The van der Waals surface area contributed by atoms with Gasteiger partial charge in [0.15, 0.2) is 0 Å². The second-order valence-corrected chi connectivity index (χ2v) is 8.81. The van der Waals surface area contributed by atoms with Crippen molar-refractivity contribution in [2.45, 2.75) is 25.2 Å². The predicted octanol–water partition coefficient (Wildman–Crippen LogP) is 3.40. The fourth-order valence-electron chi connectivity index (χ4n) is 2.18. The van der Waals surface area contributed by atoms with Crippen LogP contribution in [0.3, 0.4) is 0 Å². The maximum absolute atomic E-state index is 12.6. The molecule has 0 saturated carbocycles. The minimum Gasteiger partial charge on any atom is -0.274 e. The highest BCUT2D eigenvalue weighted by molar-refractivity contribution is 9.11. The van der Waals surface area contributed by atoms with E-state index in [1.165, 1.54) is 6.07 Å². The molecule has 1 unspecified atom stereocenters. The van der Waals surface area contributed by atoms with Gasteiger partial charge in [0.1, 0.15) is 4.90 Å². The first-order chi connectivity index (χ1) is 9.23. The molecule has 2 rings (SSSR count). The molecule has 0 bridgehead atoms. The summed E-state index contributed by atoms with van der Waals surface area (Å²) in [7, 11) is -3.80. The van der Waals surface area contributed by atoms with Crippen LogP contribution in [0.25, 0.3) is 0 Å². The maximum Gasteiger partial charge on any atom is 0.267 e. The monoisotopic (exact) mass is 423 g/mol. The molecule has 1 amide bonds. The summed E-state index contributed by atoms with van der Waals surface area (Å²) in [6.07, 6.45) is 0.294. The number of carbonyl (C=O) groups is 1. The molecule has 1 aromatic rings. The Morgan fingerprint density at radius 3 is 2.50 bits per heavy atom. The van der Waals surface area contributed by atoms with Crippen molar-refractivity contribution in [3.63, 3.8) is 0 Å². The number of nitrogens with zero attached hydrogens (tertiary/aromatic N) is 1. The molecule has 110 valence electrons. The highest BCUT2D eigenvalue weighted by atomic mass is 79.9. The molecule has 0 aromatic heterocycles. The molecule has 0 spiro atoms. The zero-order valence-corrected chi connectivity index (χ0v) is 15.1. The van der Waals surface area contributed by atoms with Crippen LogP contribution in [-0.4, -0.2) is 25.2 Å². The van der Waals surface area contributed by atoms with E-state index in [0.29, 0.717) is 15.4 Å². The number of rotatable bonds is 3. The first kappa shape index (κ1) is 16.0. The first-order valence-electron chi connectivity index (χ1n) is 6.24. The van der Waals surface area contributed by atoms with Gasteiger partial charge in [-0.15, -0.1) is 0 Å². The van der Waals surface area contributed by atoms with E-state index in [2.05, 4.69) is 31.9 Å². The standard InChI is InChI=1S/C13H15Br2NO3S/c1-8(2)9-5-13(17)16(7-9)20(18,19)12-6-10(14)3-4-11(12)15/h3-4,6,8-9H,5,7H2,1-2H3. The van der Waals surface area contributed by atoms with Gasteiger partial charge in [0.05, 0.1) is 0 Å². The van der Waals surface area contributed by atoms with E-state index in [4.69, 9.17) is 0 Å². The Kier molecular flexibility index (Phi) is 4.61. The minimum absolute atomic E-state index is 0.0863. The molecule has 0 aliphatic carbocycles. The maximum atomic E-state index is 12.6. The van der Waals surface area contributed by atoms with Crippen LogP contribution in [0.4, 0.5) is 0 Å². The Balaban J connectivity index is 2.41. The lowest BCUT2D eigenvalue weighted by atomic mass is 9.95. The van der Waals surface area contributed by atoms with Gasteiger partial charge in [0, 0.05) is 21.9 Å². The van der Waals surface area contributed by atoms with Crippen LogP contribution in [0.2, 0.25) is 0 Å². The Morgan fingerprint density at radius 2 is 1.95 bits per heavy atom. The average molecular weight is 425 g/mol. The lowest BCUT2D eigenvalue weighted by Crippen LogP contribution is -2.33. The van der Waals surface area contributed by atoms with Crippen LogP contribution in [-0.2, 0) is 14.8 Å². The van der Waals surface area contributed by atoms with E-state index < -0.39 is 10.0 Å². The SMILES string of the molecule is CC(C)C1CC(=O)N(S(=O)(=O)c2cc(Br)ccc2Br)C1. The van der Waals surface area contributed by atoms with Gasteiger partial charge in [-0.3, -0.25) is 4.79 Å². The van der Waals surface area contributed by atoms with Crippen molar-refractivity contribution in [3.05, 3.63) is 27.1 Å². The smallest absolute Gasteiger partial charge is 0.267 e. The van der Waals surface area contributed by atoms with E-state index in [0.717, 1.165) is 4.31 Å². The van der Waals surface area contributed by atoms with E-state index in [-0.39, 0.29) is 29.2 Å². The van der Waals surface area contributed by atoms with Crippen molar-refractivity contribution in [1.82, 2.24) is 4.31 Å². The van der Waals surface area contributed by atoms with Crippen molar-refractivity contribution >= 4 is 47.8 Å². The van der Waals surface area contributed by atoms with Crippen LogP contribution < -0.4 is 0 Å². The zero-order valence-electron chi connectivity index (χ0n) is 11.1. The number of halogens is 2. The Bertz CT molecular complexity index is 643.